The van der Waals surface area contributed by atoms with E-state index in [1.165, 1.54) is 63.5 Å². The first kappa shape index (κ1) is 20.3. The van der Waals surface area contributed by atoms with Crippen LogP contribution < -0.4 is 0 Å². The van der Waals surface area contributed by atoms with Crippen LogP contribution in [0.1, 0.15) is 84.0 Å². The van der Waals surface area contributed by atoms with E-state index in [9.17, 15) is 4.39 Å². The van der Waals surface area contributed by atoms with Crippen LogP contribution in [0.3, 0.4) is 0 Å². The highest BCUT2D eigenvalue weighted by Crippen LogP contribution is 2.47. The molecule has 1 heterocycles. The van der Waals surface area contributed by atoms with Gasteiger partial charge in [0.2, 0.25) is 6.30 Å². The maximum absolute atomic E-state index is 15.2. The number of allylic oxidation sites excluding steroid dienone is 1. The lowest BCUT2D eigenvalue weighted by Gasteiger charge is -2.42. The van der Waals surface area contributed by atoms with E-state index in [2.05, 4.69) is 11.9 Å². The number of unbranched alkanes of at least 4 members (excludes halogenated alkanes) is 2. The Kier molecular flexibility index (Phi) is 7.16. The lowest BCUT2D eigenvalue weighted by atomic mass is 9.66. The van der Waals surface area contributed by atoms with E-state index in [0.29, 0.717) is 5.92 Å². The topological polar surface area (TPSA) is 12.4 Å². The molecule has 3 aliphatic rings. The Morgan fingerprint density at radius 3 is 2.23 bits per heavy atom. The molecule has 2 atom stereocenters. The smallest absolute Gasteiger partial charge is 0.228 e. The van der Waals surface area contributed by atoms with Crippen molar-refractivity contribution >= 4 is 16.8 Å². The van der Waals surface area contributed by atoms with Crippen LogP contribution in [0.5, 0.6) is 0 Å². The first-order chi connectivity index (χ1) is 12.5. The van der Waals surface area contributed by atoms with Gasteiger partial charge < -0.3 is 0 Å². The molecule has 2 unspecified atom stereocenters. The van der Waals surface area contributed by atoms with Gasteiger partial charge in [0.15, 0.2) is 5.67 Å². The lowest BCUT2D eigenvalue weighted by molar-refractivity contribution is 0.00806. The molecule has 1 nitrogen and oxygen atoms in total. The Balaban J connectivity index is 1.44. The SMILES string of the molecule is CCCCC[C@H]1CC[C@H](C2CCC(C3(F)C=CC(Cl)=NC3F)CC2)CC1. The highest BCUT2D eigenvalue weighted by atomic mass is 35.5. The normalized spacial score (nSPS) is 41.1. The minimum Gasteiger partial charge on any atom is -0.234 e. The van der Waals surface area contributed by atoms with Crippen molar-refractivity contribution in [3.05, 3.63) is 12.2 Å². The zero-order valence-electron chi connectivity index (χ0n) is 16.1. The first-order valence-electron chi connectivity index (χ1n) is 10.8. The molecular weight excluding hydrogens is 352 g/mol. The van der Waals surface area contributed by atoms with Crippen LogP contribution in [0.4, 0.5) is 8.78 Å². The van der Waals surface area contributed by atoms with Gasteiger partial charge in [-0.2, -0.15) is 0 Å². The van der Waals surface area contributed by atoms with Gasteiger partial charge >= 0.3 is 0 Å². The van der Waals surface area contributed by atoms with Gasteiger partial charge in [-0.1, -0.05) is 57.0 Å². The molecule has 26 heavy (non-hydrogen) atoms. The van der Waals surface area contributed by atoms with Gasteiger partial charge in [0.25, 0.3) is 0 Å². The molecule has 0 spiro atoms. The van der Waals surface area contributed by atoms with Crippen LogP contribution in [0.2, 0.25) is 0 Å². The summed E-state index contributed by atoms with van der Waals surface area (Å²) in [5.74, 6) is 2.20. The third kappa shape index (κ3) is 4.69. The third-order valence-corrected chi connectivity index (χ3v) is 7.47. The van der Waals surface area contributed by atoms with Gasteiger partial charge in [0.1, 0.15) is 5.17 Å². The van der Waals surface area contributed by atoms with Crippen LogP contribution in [0.25, 0.3) is 0 Å². The molecule has 3 rings (SSSR count). The number of dihydropyridines is 1. The Labute approximate surface area is 162 Å². The van der Waals surface area contributed by atoms with Crippen molar-refractivity contribution in [1.29, 1.82) is 0 Å². The second kappa shape index (κ2) is 9.17. The Morgan fingerprint density at radius 1 is 1.04 bits per heavy atom. The molecular formula is C22H34ClF2N. The summed E-state index contributed by atoms with van der Waals surface area (Å²) >= 11 is 5.71. The van der Waals surface area contributed by atoms with E-state index in [1.807, 2.05) is 0 Å². The van der Waals surface area contributed by atoms with E-state index in [0.717, 1.165) is 37.5 Å². The Hall–Kier alpha value is -0.440. The summed E-state index contributed by atoms with van der Waals surface area (Å²) < 4.78 is 29.4. The van der Waals surface area contributed by atoms with Gasteiger partial charge in [0, 0.05) is 5.92 Å². The molecule has 2 saturated carbocycles. The van der Waals surface area contributed by atoms with E-state index in [4.69, 9.17) is 11.6 Å². The average Bonchev–Trinajstić information content (AvgIpc) is 2.66. The molecule has 0 aromatic carbocycles. The molecule has 0 aromatic heterocycles. The fraction of sp³-hybridized carbons (Fsp3) is 0.864. The van der Waals surface area contributed by atoms with E-state index < -0.39 is 12.0 Å². The van der Waals surface area contributed by atoms with Crippen LogP contribution >= 0.6 is 11.6 Å². The number of rotatable bonds is 6. The molecule has 148 valence electrons. The van der Waals surface area contributed by atoms with Gasteiger partial charge in [-0.05, 0) is 68.4 Å². The summed E-state index contributed by atoms with van der Waals surface area (Å²) in [5, 5.41) is 0.0650. The summed E-state index contributed by atoms with van der Waals surface area (Å²) in [4.78, 5) is 3.61. The van der Waals surface area contributed by atoms with Crippen molar-refractivity contribution in [2.24, 2.45) is 28.7 Å². The predicted octanol–water partition coefficient (Wildman–Crippen LogP) is 7.39. The fourth-order valence-corrected chi connectivity index (χ4v) is 5.67. The van der Waals surface area contributed by atoms with Crippen LogP contribution in [0.15, 0.2) is 17.1 Å². The summed E-state index contributed by atoms with van der Waals surface area (Å²) in [6, 6.07) is 0. The second-order valence-electron chi connectivity index (χ2n) is 8.84. The molecule has 0 radical (unpaired) electrons. The maximum Gasteiger partial charge on any atom is 0.228 e. The van der Waals surface area contributed by atoms with Gasteiger partial charge in [0.05, 0.1) is 0 Å². The molecule has 2 fully saturated rings. The monoisotopic (exact) mass is 385 g/mol. The number of aliphatic imine (C=N–C) groups is 1. The number of alkyl halides is 2. The molecule has 4 heteroatoms. The molecule has 2 aliphatic carbocycles. The van der Waals surface area contributed by atoms with Crippen molar-refractivity contribution in [1.82, 2.24) is 0 Å². The molecule has 1 aliphatic heterocycles. The lowest BCUT2D eigenvalue weighted by Crippen LogP contribution is -2.44. The molecule has 0 saturated heterocycles. The number of hydrogen-bond donors (Lipinski definition) is 0. The number of halogens is 3. The van der Waals surface area contributed by atoms with Crippen LogP contribution in [-0.4, -0.2) is 17.1 Å². The fourth-order valence-electron chi connectivity index (χ4n) is 5.52. The molecule has 0 N–H and O–H groups in total. The minimum atomic E-state index is -1.96. The number of nitrogens with zero attached hydrogens (tertiary/aromatic N) is 1. The van der Waals surface area contributed by atoms with Crippen LogP contribution in [-0.2, 0) is 0 Å². The van der Waals surface area contributed by atoms with Crippen molar-refractivity contribution in [3.63, 3.8) is 0 Å². The highest BCUT2D eigenvalue weighted by Gasteiger charge is 2.48. The summed E-state index contributed by atoms with van der Waals surface area (Å²) in [5.41, 5.74) is -1.96. The minimum absolute atomic E-state index is 0.0650. The van der Waals surface area contributed by atoms with Crippen molar-refractivity contribution in [2.75, 3.05) is 0 Å². The predicted molar refractivity (Wildman–Crippen MR) is 106 cm³/mol. The largest absolute Gasteiger partial charge is 0.234 e. The zero-order valence-corrected chi connectivity index (χ0v) is 16.9. The van der Waals surface area contributed by atoms with Crippen LogP contribution in [0, 0.1) is 23.7 Å². The average molecular weight is 386 g/mol. The second-order valence-corrected chi connectivity index (χ2v) is 9.22. The Bertz CT molecular complexity index is 504. The van der Waals surface area contributed by atoms with Gasteiger partial charge in [-0.3, -0.25) is 0 Å². The molecule has 0 bridgehead atoms. The first-order valence-corrected chi connectivity index (χ1v) is 11.2. The van der Waals surface area contributed by atoms with Crippen molar-refractivity contribution < 1.29 is 8.78 Å². The summed E-state index contributed by atoms with van der Waals surface area (Å²) in [6.45, 7) is 2.27. The molecule has 0 amide bonds. The summed E-state index contributed by atoms with van der Waals surface area (Å²) in [6.07, 6.45) is 15.4. The quantitative estimate of drug-likeness (QED) is 0.334. The highest BCUT2D eigenvalue weighted by molar-refractivity contribution is 6.68. The van der Waals surface area contributed by atoms with Gasteiger partial charge in [-0.15, -0.1) is 0 Å². The van der Waals surface area contributed by atoms with Crippen molar-refractivity contribution in [2.45, 2.75) is 95.9 Å². The third-order valence-electron chi connectivity index (χ3n) is 7.25. The Morgan fingerprint density at radius 2 is 1.65 bits per heavy atom. The maximum atomic E-state index is 15.2. The molecule has 0 aromatic rings. The van der Waals surface area contributed by atoms with E-state index >= 15 is 4.39 Å². The number of hydrogen-bond acceptors (Lipinski definition) is 1. The van der Waals surface area contributed by atoms with E-state index in [-0.39, 0.29) is 11.1 Å². The van der Waals surface area contributed by atoms with E-state index in [1.54, 1.807) is 0 Å². The van der Waals surface area contributed by atoms with Crippen molar-refractivity contribution in [3.8, 4) is 0 Å². The summed E-state index contributed by atoms with van der Waals surface area (Å²) in [7, 11) is 0. The van der Waals surface area contributed by atoms with Gasteiger partial charge in [-0.25, -0.2) is 13.8 Å². The zero-order chi connectivity index (χ0) is 18.6. The standard InChI is InChI=1S/C22H34ClF2N/c1-2-3-4-5-16-6-8-17(9-7-16)18-10-12-19(13-11-18)22(25)15-14-20(23)26-21(22)24/h14-19,21H,2-13H2,1H3/t16-,17-,18?,19?,21?,22?.